The second kappa shape index (κ2) is 9.82. The molecule has 5 nitrogen and oxygen atoms in total. The summed E-state index contributed by atoms with van der Waals surface area (Å²) in [6, 6.07) is 4.29. The maximum atomic E-state index is 13.7. The summed E-state index contributed by atoms with van der Waals surface area (Å²) in [6.45, 7) is 1.36. The van der Waals surface area contributed by atoms with Gasteiger partial charge in [-0.05, 0) is 37.0 Å². The van der Waals surface area contributed by atoms with Gasteiger partial charge in [-0.25, -0.2) is 4.39 Å². The second-order valence-corrected chi connectivity index (χ2v) is 5.50. The molecule has 23 heavy (non-hydrogen) atoms. The Balaban J connectivity index is 0.00000264. The molecular weight excluding hydrogens is 323 g/mol. The van der Waals surface area contributed by atoms with E-state index in [2.05, 4.69) is 5.32 Å². The van der Waals surface area contributed by atoms with E-state index in [9.17, 15) is 9.18 Å². The van der Waals surface area contributed by atoms with Gasteiger partial charge in [-0.2, -0.15) is 0 Å². The van der Waals surface area contributed by atoms with Crippen LogP contribution in [0.3, 0.4) is 0 Å². The van der Waals surface area contributed by atoms with Crippen LogP contribution in [0.5, 0.6) is 0 Å². The van der Waals surface area contributed by atoms with E-state index in [-0.39, 0.29) is 36.8 Å². The van der Waals surface area contributed by atoms with Crippen molar-refractivity contribution in [2.75, 3.05) is 26.9 Å². The highest BCUT2D eigenvalue weighted by Crippen LogP contribution is 2.32. The smallest absolute Gasteiger partial charge is 0.251 e. The van der Waals surface area contributed by atoms with Gasteiger partial charge in [-0.15, -0.1) is 12.4 Å². The fraction of sp³-hybridized carbons (Fsp3) is 0.562. The SMILES string of the molecule is COCCOCc1cc(C(=O)NC(CN)C2CC2)ccc1F.Cl. The third-order valence-electron chi connectivity index (χ3n) is 3.76. The summed E-state index contributed by atoms with van der Waals surface area (Å²) in [5.74, 6) is -0.127. The van der Waals surface area contributed by atoms with Gasteiger partial charge in [-0.1, -0.05) is 0 Å². The van der Waals surface area contributed by atoms with Crippen molar-refractivity contribution in [1.82, 2.24) is 5.32 Å². The lowest BCUT2D eigenvalue weighted by atomic mass is 10.1. The van der Waals surface area contributed by atoms with Crippen molar-refractivity contribution in [3.63, 3.8) is 0 Å². The monoisotopic (exact) mass is 346 g/mol. The van der Waals surface area contributed by atoms with E-state index in [1.807, 2.05) is 0 Å². The molecule has 1 aromatic rings. The predicted octanol–water partition coefficient (Wildman–Crippen LogP) is 1.88. The van der Waals surface area contributed by atoms with Crippen LogP contribution < -0.4 is 11.1 Å². The molecule has 1 aliphatic carbocycles. The molecule has 1 aliphatic rings. The van der Waals surface area contributed by atoms with Crippen molar-refractivity contribution >= 4 is 18.3 Å². The fourth-order valence-corrected chi connectivity index (χ4v) is 2.27. The average molecular weight is 347 g/mol. The Hall–Kier alpha value is -1.21. The van der Waals surface area contributed by atoms with Gasteiger partial charge in [0.1, 0.15) is 5.82 Å². The number of rotatable bonds is 9. The first-order valence-corrected chi connectivity index (χ1v) is 7.51. The van der Waals surface area contributed by atoms with Crippen LogP contribution in [-0.4, -0.2) is 38.8 Å². The van der Waals surface area contributed by atoms with Crippen molar-refractivity contribution in [1.29, 1.82) is 0 Å². The third-order valence-corrected chi connectivity index (χ3v) is 3.76. The van der Waals surface area contributed by atoms with Gasteiger partial charge in [0.05, 0.1) is 19.8 Å². The van der Waals surface area contributed by atoms with Crippen LogP contribution in [0, 0.1) is 11.7 Å². The standard InChI is InChI=1S/C16H23FN2O3.ClH/c1-21-6-7-22-10-13-8-12(4-5-14(13)17)16(20)19-15(9-18)11-2-3-11;/h4-5,8,11,15H,2-3,6-7,9-10,18H2,1H3,(H,19,20);1H. The highest BCUT2D eigenvalue weighted by molar-refractivity contribution is 5.94. The van der Waals surface area contributed by atoms with Crippen molar-refractivity contribution in [3.8, 4) is 0 Å². The largest absolute Gasteiger partial charge is 0.382 e. The molecule has 1 amide bonds. The lowest BCUT2D eigenvalue weighted by Gasteiger charge is -2.16. The van der Waals surface area contributed by atoms with Crippen LogP contribution >= 0.6 is 12.4 Å². The Labute approximate surface area is 142 Å². The third kappa shape index (κ3) is 6.06. The van der Waals surface area contributed by atoms with E-state index in [4.69, 9.17) is 15.2 Å². The number of benzene rings is 1. The number of nitrogens with two attached hydrogens (primary N) is 1. The van der Waals surface area contributed by atoms with Gasteiger partial charge in [0, 0.05) is 30.8 Å². The number of nitrogens with one attached hydrogen (secondary N) is 1. The molecule has 0 aliphatic heterocycles. The van der Waals surface area contributed by atoms with Crippen LogP contribution in [-0.2, 0) is 16.1 Å². The number of halogens is 2. The zero-order valence-electron chi connectivity index (χ0n) is 13.2. The van der Waals surface area contributed by atoms with Crippen LogP contribution in [0.25, 0.3) is 0 Å². The van der Waals surface area contributed by atoms with Crippen LogP contribution in [0.15, 0.2) is 18.2 Å². The van der Waals surface area contributed by atoms with E-state index < -0.39 is 0 Å². The summed E-state index contributed by atoms with van der Waals surface area (Å²) in [5, 5.41) is 2.92. The highest BCUT2D eigenvalue weighted by atomic mass is 35.5. The summed E-state index contributed by atoms with van der Waals surface area (Å²) in [4.78, 5) is 12.2. The van der Waals surface area contributed by atoms with Gasteiger partial charge in [0.2, 0.25) is 0 Å². The summed E-state index contributed by atoms with van der Waals surface area (Å²) >= 11 is 0. The minimum atomic E-state index is -0.383. The lowest BCUT2D eigenvalue weighted by Crippen LogP contribution is -2.41. The number of methoxy groups -OCH3 is 1. The minimum Gasteiger partial charge on any atom is -0.382 e. The number of carbonyl (C=O) groups is 1. The molecule has 1 unspecified atom stereocenters. The first-order valence-electron chi connectivity index (χ1n) is 7.51. The molecule has 0 radical (unpaired) electrons. The molecule has 0 heterocycles. The van der Waals surface area contributed by atoms with Crippen molar-refractivity contribution < 1.29 is 18.7 Å². The molecule has 3 N–H and O–H groups in total. The maximum absolute atomic E-state index is 13.7. The molecule has 0 saturated heterocycles. The fourth-order valence-electron chi connectivity index (χ4n) is 2.27. The van der Waals surface area contributed by atoms with Crippen molar-refractivity contribution in [2.24, 2.45) is 11.7 Å². The maximum Gasteiger partial charge on any atom is 0.251 e. The first-order chi connectivity index (χ1) is 10.7. The summed E-state index contributed by atoms with van der Waals surface area (Å²) < 4.78 is 23.9. The Morgan fingerprint density at radius 2 is 2.17 bits per heavy atom. The lowest BCUT2D eigenvalue weighted by molar-refractivity contribution is 0.0603. The van der Waals surface area contributed by atoms with Gasteiger partial charge in [0.25, 0.3) is 5.91 Å². The number of hydrogen-bond donors (Lipinski definition) is 2. The zero-order chi connectivity index (χ0) is 15.9. The van der Waals surface area contributed by atoms with Crippen LogP contribution in [0.4, 0.5) is 4.39 Å². The molecule has 0 spiro atoms. The molecule has 0 aromatic heterocycles. The molecule has 2 rings (SSSR count). The molecular formula is C16H24ClFN2O3. The summed E-state index contributed by atoms with van der Waals surface area (Å²) in [5.41, 5.74) is 6.46. The average Bonchev–Trinajstić information content (AvgIpc) is 3.35. The van der Waals surface area contributed by atoms with E-state index >= 15 is 0 Å². The number of carbonyl (C=O) groups excluding carboxylic acids is 1. The number of ether oxygens (including phenoxy) is 2. The van der Waals surface area contributed by atoms with Crippen molar-refractivity contribution in [2.45, 2.75) is 25.5 Å². The zero-order valence-corrected chi connectivity index (χ0v) is 14.0. The number of hydrogen-bond acceptors (Lipinski definition) is 4. The predicted molar refractivity (Wildman–Crippen MR) is 88.2 cm³/mol. The summed E-state index contributed by atoms with van der Waals surface area (Å²) in [6.07, 6.45) is 2.20. The highest BCUT2D eigenvalue weighted by Gasteiger charge is 2.31. The topological polar surface area (TPSA) is 73.6 Å². The molecule has 1 saturated carbocycles. The van der Waals surface area contributed by atoms with E-state index in [0.29, 0.717) is 36.8 Å². The van der Waals surface area contributed by atoms with E-state index in [1.165, 1.54) is 18.2 Å². The first kappa shape index (κ1) is 19.8. The minimum absolute atomic E-state index is 0. The summed E-state index contributed by atoms with van der Waals surface area (Å²) in [7, 11) is 1.57. The molecule has 7 heteroatoms. The molecule has 1 aromatic carbocycles. The van der Waals surface area contributed by atoms with E-state index in [0.717, 1.165) is 12.8 Å². The molecule has 1 atom stereocenters. The Morgan fingerprint density at radius 1 is 1.43 bits per heavy atom. The molecule has 130 valence electrons. The molecule has 0 bridgehead atoms. The van der Waals surface area contributed by atoms with Gasteiger partial charge >= 0.3 is 0 Å². The van der Waals surface area contributed by atoms with Gasteiger partial charge in [0.15, 0.2) is 0 Å². The van der Waals surface area contributed by atoms with Crippen LogP contribution in [0.2, 0.25) is 0 Å². The Morgan fingerprint density at radius 3 is 2.78 bits per heavy atom. The number of amides is 1. The quantitative estimate of drug-likeness (QED) is 0.669. The Kier molecular flexibility index (Phi) is 8.47. The van der Waals surface area contributed by atoms with Crippen molar-refractivity contribution in [3.05, 3.63) is 35.1 Å². The van der Waals surface area contributed by atoms with Crippen LogP contribution in [0.1, 0.15) is 28.8 Å². The van der Waals surface area contributed by atoms with E-state index in [1.54, 1.807) is 7.11 Å². The van der Waals surface area contributed by atoms with Gasteiger partial charge < -0.3 is 20.5 Å². The van der Waals surface area contributed by atoms with Gasteiger partial charge in [-0.3, -0.25) is 4.79 Å². The Bertz CT molecular complexity index is 512. The second-order valence-electron chi connectivity index (χ2n) is 5.50. The molecule has 1 fully saturated rings. The normalized spacial score (nSPS) is 14.9.